The Bertz CT molecular complexity index is 508. The molecule has 0 radical (unpaired) electrons. The molecule has 0 saturated heterocycles. The van der Waals surface area contributed by atoms with Crippen molar-refractivity contribution in [2.45, 2.75) is 39.7 Å². The molecule has 0 aliphatic heterocycles. The van der Waals surface area contributed by atoms with Gasteiger partial charge in [0, 0.05) is 19.5 Å². The predicted molar refractivity (Wildman–Crippen MR) is 75.6 cm³/mol. The summed E-state index contributed by atoms with van der Waals surface area (Å²) in [5.41, 5.74) is 0.602. The summed E-state index contributed by atoms with van der Waals surface area (Å²) in [7, 11) is 0. The van der Waals surface area contributed by atoms with Crippen molar-refractivity contribution in [3.8, 4) is 24.3 Å². The first-order chi connectivity index (χ1) is 9.97. The zero-order valence-corrected chi connectivity index (χ0v) is 12.7. The summed E-state index contributed by atoms with van der Waals surface area (Å²) in [6.45, 7) is 7.30. The molecular weight excluding hydrogens is 264 g/mol. The number of hydrogen-bond donors (Lipinski definition) is 1. The van der Waals surface area contributed by atoms with Crippen LogP contribution in [0.2, 0.25) is 0 Å². The van der Waals surface area contributed by atoms with Gasteiger partial charge in [-0.1, -0.05) is 20.8 Å². The average molecular weight is 284 g/mol. The molecule has 0 spiro atoms. The standard InChI is InChI=1S/C15H20N6/c1-4-21(5-2)20-13-6-12(3)14(8-16,9-17)7-15(13,10-18)11-19/h12-13,20H,4-7H2,1-3H3/t12-,13-/m1/s1. The molecule has 0 bridgehead atoms. The van der Waals surface area contributed by atoms with Crippen LogP contribution in [0.3, 0.4) is 0 Å². The molecule has 1 aliphatic carbocycles. The Kier molecular flexibility index (Phi) is 5.28. The Balaban J connectivity index is 3.19. The topological polar surface area (TPSA) is 110 Å². The second-order valence-electron chi connectivity index (χ2n) is 5.56. The van der Waals surface area contributed by atoms with Gasteiger partial charge in [0.25, 0.3) is 0 Å². The Labute approximate surface area is 126 Å². The Hall–Kier alpha value is -2.12. The second-order valence-corrected chi connectivity index (χ2v) is 5.56. The van der Waals surface area contributed by atoms with Crippen LogP contribution < -0.4 is 5.43 Å². The molecule has 1 fully saturated rings. The quantitative estimate of drug-likeness (QED) is 0.786. The Morgan fingerprint density at radius 1 is 1.00 bits per heavy atom. The molecule has 0 aromatic rings. The fourth-order valence-corrected chi connectivity index (χ4v) is 2.87. The Morgan fingerprint density at radius 3 is 1.86 bits per heavy atom. The van der Waals surface area contributed by atoms with Gasteiger partial charge < -0.3 is 0 Å². The highest BCUT2D eigenvalue weighted by Crippen LogP contribution is 2.49. The minimum atomic E-state index is -1.36. The van der Waals surface area contributed by atoms with Crippen LogP contribution in [0.1, 0.15) is 33.6 Å². The van der Waals surface area contributed by atoms with Gasteiger partial charge in [0.1, 0.15) is 5.41 Å². The first-order valence-corrected chi connectivity index (χ1v) is 7.13. The van der Waals surface area contributed by atoms with Gasteiger partial charge >= 0.3 is 0 Å². The van der Waals surface area contributed by atoms with E-state index in [1.165, 1.54) is 0 Å². The van der Waals surface area contributed by atoms with E-state index in [0.717, 1.165) is 13.1 Å². The van der Waals surface area contributed by atoms with Gasteiger partial charge in [-0.15, -0.1) is 0 Å². The molecule has 6 heteroatoms. The third kappa shape index (κ3) is 2.84. The van der Waals surface area contributed by atoms with E-state index in [9.17, 15) is 21.0 Å². The summed E-state index contributed by atoms with van der Waals surface area (Å²) >= 11 is 0. The minimum absolute atomic E-state index is 0.0416. The van der Waals surface area contributed by atoms with Crippen LogP contribution in [-0.2, 0) is 0 Å². The third-order valence-corrected chi connectivity index (χ3v) is 4.48. The van der Waals surface area contributed by atoms with E-state index < -0.39 is 10.8 Å². The summed E-state index contributed by atoms with van der Waals surface area (Å²) in [4.78, 5) is 0. The van der Waals surface area contributed by atoms with Crippen molar-refractivity contribution >= 4 is 0 Å². The molecule has 0 heterocycles. The zero-order valence-electron chi connectivity index (χ0n) is 12.7. The molecule has 1 aliphatic rings. The highest BCUT2D eigenvalue weighted by atomic mass is 15.5. The average Bonchev–Trinajstić information content (AvgIpc) is 2.53. The SMILES string of the molecule is CCN(CC)N[C@@H]1C[C@@H](C)C(C#N)(C#N)CC1(C#N)C#N. The van der Waals surface area contributed by atoms with Crippen LogP contribution in [0.25, 0.3) is 0 Å². The number of nitriles is 4. The monoisotopic (exact) mass is 284 g/mol. The highest BCUT2D eigenvalue weighted by molar-refractivity contribution is 5.30. The second kappa shape index (κ2) is 6.55. The summed E-state index contributed by atoms with van der Waals surface area (Å²) in [5.74, 6) is -0.199. The smallest absolute Gasteiger partial charge is 0.162 e. The molecule has 0 aromatic carbocycles. The van der Waals surface area contributed by atoms with Crippen LogP contribution >= 0.6 is 0 Å². The molecule has 2 atom stereocenters. The minimum Gasteiger partial charge on any atom is -0.249 e. The molecule has 1 saturated carbocycles. The van der Waals surface area contributed by atoms with Gasteiger partial charge in [0.2, 0.25) is 0 Å². The third-order valence-electron chi connectivity index (χ3n) is 4.48. The fraction of sp³-hybridized carbons (Fsp3) is 0.733. The van der Waals surface area contributed by atoms with Crippen molar-refractivity contribution in [2.75, 3.05) is 13.1 Å². The lowest BCUT2D eigenvalue weighted by atomic mass is 9.57. The van der Waals surface area contributed by atoms with Crippen molar-refractivity contribution in [2.24, 2.45) is 16.7 Å². The molecule has 0 unspecified atom stereocenters. The summed E-state index contributed by atoms with van der Waals surface area (Å²) in [6.07, 6.45) is 0.402. The maximum atomic E-state index is 9.53. The van der Waals surface area contributed by atoms with E-state index in [4.69, 9.17) is 0 Å². The van der Waals surface area contributed by atoms with Gasteiger partial charge in [-0.2, -0.15) is 21.0 Å². The van der Waals surface area contributed by atoms with Crippen molar-refractivity contribution < 1.29 is 0 Å². The lowest BCUT2D eigenvalue weighted by Gasteiger charge is -2.44. The maximum absolute atomic E-state index is 9.53. The van der Waals surface area contributed by atoms with Crippen molar-refractivity contribution in [1.82, 2.24) is 10.4 Å². The van der Waals surface area contributed by atoms with Gasteiger partial charge in [-0.3, -0.25) is 0 Å². The van der Waals surface area contributed by atoms with Crippen LogP contribution in [0.4, 0.5) is 0 Å². The Morgan fingerprint density at radius 2 is 1.48 bits per heavy atom. The predicted octanol–water partition coefficient (Wildman–Crippen LogP) is 1.70. The van der Waals surface area contributed by atoms with E-state index in [1.807, 2.05) is 37.9 Å². The normalized spacial score (nSPS) is 26.1. The van der Waals surface area contributed by atoms with Crippen molar-refractivity contribution in [3.63, 3.8) is 0 Å². The van der Waals surface area contributed by atoms with Crippen LogP contribution in [0.15, 0.2) is 0 Å². The highest BCUT2D eigenvalue weighted by Gasteiger charge is 2.56. The molecule has 1 rings (SSSR count). The van der Waals surface area contributed by atoms with Crippen molar-refractivity contribution in [1.29, 1.82) is 21.0 Å². The number of nitrogens with zero attached hydrogens (tertiary/aromatic N) is 5. The first kappa shape index (κ1) is 16.9. The van der Waals surface area contributed by atoms with Crippen LogP contribution in [-0.4, -0.2) is 24.1 Å². The van der Waals surface area contributed by atoms with Crippen LogP contribution in [0, 0.1) is 62.1 Å². The summed E-state index contributed by atoms with van der Waals surface area (Å²) < 4.78 is 0. The number of nitrogens with one attached hydrogen (secondary N) is 1. The van der Waals surface area contributed by atoms with Gasteiger partial charge in [0.05, 0.1) is 30.3 Å². The number of hydrazine groups is 1. The van der Waals surface area contributed by atoms with Crippen molar-refractivity contribution in [3.05, 3.63) is 0 Å². The lowest BCUT2D eigenvalue weighted by Crippen LogP contribution is -2.58. The zero-order chi connectivity index (χ0) is 16.1. The molecule has 0 aromatic heterocycles. The molecule has 0 amide bonds. The molecule has 1 N–H and O–H groups in total. The largest absolute Gasteiger partial charge is 0.249 e. The molecule has 21 heavy (non-hydrogen) atoms. The maximum Gasteiger partial charge on any atom is 0.162 e. The molecule has 110 valence electrons. The fourth-order valence-electron chi connectivity index (χ4n) is 2.87. The van der Waals surface area contributed by atoms with E-state index in [-0.39, 0.29) is 18.4 Å². The number of hydrogen-bond acceptors (Lipinski definition) is 6. The van der Waals surface area contributed by atoms with Gasteiger partial charge in [-0.05, 0) is 12.3 Å². The first-order valence-electron chi connectivity index (χ1n) is 7.13. The van der Waals surface area contributed by atoms with Crippen LogP contribution in [0.5, 0.6) is 0 Å². The van der Waals surface area contributed by atoms with Gasteiger partial charge in [0.15, 0.2) is 5.41 Å². The van der Waals surface area contributed by atoms with E-state index >= 15 is 0 Å². The number of rotatable bonds is 4. The summed E-state index contributed by atoms with van der Waals surface area (Å²) in [5, 5.41) is 39.7. The molecular formula is C15H20N6. The van der Waals surface area contributed by atoms with Gasteiger partial charge in [-0.25, -0.2) is 10.4 Å². The lowest BCUT2D eigenvalue weighted by molar-refractivity contribution is 0.0588. The van der Waals surface area contributed by atoms with E-state index in [1.54, 1.807) is 0 Å². The van der Waals surface area contributed by atoms with E-state index in [2.05, 4.69) is 17.6 Å². The molecule has 6 nitrogen and oxygen atoms in total. The summed E-state index contributed by atoms with van der Waals surface area (Å²) in [6, 6.07) is 7.82. The van der Waals surface area contributed by atoms with E-state index in [0.29, 0.717) is 6.42 Å².